The third-order valence-electron chi connectivity index (χ3n) is 4.93. The number of fused-ring (bicyclic) bond motifs is 1. The molecule has 1 heterocycles. The van der Waals surface area contributed by atoms with Crippen LogP contribution in [0.25, 0.3) is 0 Å². The molecule has 0 bridgehead atoms. The van der Waals surface area contributed by atoms with Crippen molar-refractivity contribution in [3.63, 3.8) is 0 Å². The van der Waals surface area contributed by atoms with Crippen LogP contribution in [0, 0.1) is 13.8 Å². The number of sulfonamides is 1. The molecule has 6 heteroatoms. The van der Waals surface area contributed by atoms with E-state index >= 15 is 0 Å². The molecule has 0 saturated heterocycles. The lowest BCUT2D eigenvalue weighted by Gasteiger charge is -2.29. The topological polar surface area (TPSA) is 66.5 Å². The summed E-state index contributed by atoms with van der Waals surface area (Å²) < 4.78 is 28.0. The number of hydrogen-bond donors (Lipinski definition) is 1. The summed E-state index contributed by atoms with van der Waals surface area (Å²) in [6.45, 7) is 6.45. The number of aryl methyl sites for hydroxylation is 3. The van der Waals surface area contributed by atoms with Crippen LogP contribution in [0.3, 0.4) is 0 Å². The summed E-state index contributed by atoms with van der Waals surface area (Å²) in [4.78, 5) is 13.9. The van der Waals surface area contributed by atoms with Crippen molar-refractivity contribution < 1.29 is 13.2 Å². The Labute approximate surface area is 161 Å². The van der Waals surface area contributed by atoms with E-state index in [-0.39, 0.29) is 11.7 Å². The van der Waals surface area contributed by atoms with Crippen LogP contribution in [0.4, 0.5) is 11.4 Å². The number of carbonyl (C=O) groups excluding carboxylic acids is 1. The van der Waals surface area contributed by atoms with E-state index in [2.05, 4.69) is 4.72 Å². The molecule has 3 rings (SSSR count). The van der Waals surface area contributed by atoms with Crippen LogP contribution in [0.2, 0.25) is 0 Å². The molecule has 0 saturated carbocycles. The van der Waals surface area contributed by atoms with Crippen LogP contribution in [0.5, 0.6) is 0 Å². The quantitative estimate of drug-likeness (QED) is 0.846. The molecule has 5 nitrogen and oxygen atoms in total. The second kappa shape index (κ2) is 7.72. The van der Waals surface area contributed by atoms with E-state index in [4.69, 9.17) is 0 Å². The molecule has 0 aliphatic carbocycles. The van der Waals surface area contributed by atoms with Crippen molar-refractivity contribution in [3.05, 3.63) is 58.7 Å². The van der Waals surface area contributed by atoms with Gasteiger partial charge in [0.1, 0.15) is 0 Å². The zero-order valence-corrected chi connectivity index (χ0v) is 16.9. The summed E-state index contributed by atoms with van der Waals surface area (Å²) in [6.07, 6.45) is 2.19. The molecular formula is C21H26N2O3S. The number of anilines is 2. The Morgan fingerprint density at radius 2 is 1.93 bits per heavy atom. The lowest BCUT2D eigenvalue weighted by molar-refractivity contribution is -0.118. The van der Waals surface area contributed by atoms with E-state index in [0.29, 0.717) is 12.1 Å². The third-order valence-corrected chi connectivity index (χ3v) is 6.16. The fourth-order valence-corrected chi connectivity index (χ4v) is 4.77. The van der Waals surface area contributed by atoms with Gasteiger partial charge in [-0.3, -0.25) is 9.52 Å². The molecule has 1 aliphatic rings. The fourth-order valence-electron chi connectivity index (χ4n) is 3.49. The van der Waals surface area contributed by atoms with E-state index in [1.54, 1.807) is 11.0 Å². The molecular weight excluding hydrogens is 360 g/mol. The van der Waals surface area contributed by atoms with Gasteiger partial charge in [-0.15, -0.1) is 0 Å². The van der Waals surface area contributed by atoms with Gasteiger partial charge in [0.15, 0.2) is 0 Å². The molecule has 27 heavy (non-hydrogen) atoms. The molecule has 2 aromatic carbocycles. The van der Waals surface area contributed by atoms with Gasteiger partial charge in [-0.1, -0.05) is 30.7 Å². The molecule has 0 atom stereocenters. The van der Waals surface area contributed by atoms with Gasteiger partial charge in [0, 0.05) is 24.3 Å². The minimum atomic E-state index is -3.52. The molecule has 1 N–H and O–H groups in total. The number of benzene rings is 2. The average Bonchev–Trinajstić information content (AvgIpc) is 2.62. The van der Waals surface area contributed by atoms with E-state index in [1.165, 1.54) is 0 Å². The Bertz CT molecular complexity index is 967. The molecule has 1 aliphatic heterocycles. The van der Waals surface area contributed by atoms with Crippen molar-refractivity contribution in [2.24, 2.45) is 0 Å². The first-order valence-corrected chi connectivity index (χ1v) is 10.9. The standard InChI is InChI=1S/C21H26N2O3S/c1-4-21(24)23-11-5-6-17-13-19(9-10-20(17)23)22-27(25,26)14-18-12-15(2)7-8-16(18)3/h7-10,12-13,22H,4-6,11,14H2,1-3H3. The molecule has 144 valence electrons. The van der Waals surface area contributed by atoms with Crippen molar-refractivity contribution in [2.75, 3.05) is 16.2 Å². The maximum Gasteiger partial charge on any atom is 0.236 e. The predicted molar refractivity (Wildman–Crippen MR) is 110 cm³/mol. The summed E-state index contributed by atoms with van der Waals surface area (Å²) in [7, 11) is -3.52. The number of amides is 1. The highest BCUT2D eigenvalue weighted by molar-refractivity contribution is 7.91. The summed E-state index contributed by atoms with van der Waals surface area (Å²) >= 11 is 0. The van der Waals surface area contributed by atoms with Gasteiger partial charge in [-0.05, 0) is 61.6 Å². The van der Waals surface area contributed by atoms with Crippen molar-refractivity contribution in [1.82, 2.24) is 0 Å². The zero-order chi connectivity index (χ0) is 19.6. The largest absolute Gasteiger partial charge is 0.312 e. The Morgan fingerprint density at radius 1 is 1.15 bits per heavy atom. The van der Waals surface area contributed by atoms with Gasteiger partial charge in [0.05, 0.1) is 5.75 Å². The van der Waals surface area contributed by atoms with Gasteiger partial charge < -0.3 is 4.90 Å². The van der Waals surface area contributed by atoms with Crippen LogP contribution in [-0.4, -0.2) is 20.9 Å². The van der Waals surface area contributed by atoms with Crippen LogP contribution >= 0.6 is 0 Å². The first kappa shape index (κ1) is 19.4. The van der Waals surface area contributed by atoms with Crippen LogP contribution < -0.4 is 9.62 Å². The highest BCUT2D eigenvalue weighted by Crippen LogP contribution is 2.30. The minimum Gasteiger partial charge on any atom is -0.312 e. The number of rotatable bonds is 5. The van der Waals surface area contributed by atoms with E-state index < -0.39 is 10.0 Å². The SMILES string of the molecule is CCC(=O)N1CCCc2cc(NS(=O)(=O)Cc3cc(C)ccc3C)ccc21. The maximum atomic E-state index is 12.6. The van der Waals surface area contributed by atoms with Gasteiger partial charge in [-0.25, -0.2) is 8.42 Å². The zero-order valence-electron chi connectivity index (χ0n) is 16.1. The fraction of sp³-hybridized carbons (Fsp3) is 0.381. The molecule has 0 unspecified atom stereocenters. The van der Waals surface area contributed by atoms with Gasteiger partial charge in [0.25, 0.3) is 0 Å². The third kappa shape index (κ3) is 4.50. The first-order valence-electron chi connectivity index (χ1n) is 9.29. The van der Waals surface area contributed by atoms with Crippen LogP contribution in [0.15, 0.2) is 36.4 Å². The maximum absolute atomic E-state index is 12.6. The van der Waals surface area contributed by atoms with Crippen molar-refractivity contribution >= 4 is 27.3 Å². The monoisotopic (exact) mass is 386 g/mol. The highest BCUT2D eigenvalue weighted by atomic mass is 32.2. The lowest BCUT2D eigenvalue weighted by Crippen LogP contribution is -2.34. The summed E-state index contributed by atoms with van der Waals surface area (Å²) in [5.41, 5.74) is 5.26. The van der Waals surface area contributed by atoms with Gasteiger partial charge >= 0.3 is 0 Å². The molecule has 0 aromatic heterocycles. The van der Waals surface area contributed by atoms with E-state index in [1.807, 2.05) is 51.1 Å². The number of nitrogens with one attached hydrogen (secondary N) is 1. The number of carbonyl (C=O) groups is 1. The van der Waals surface area contributed by atoms with Gasteiger partial charge in [-0.2, -0.15) is 0 Å². The van der Waals surface area contributed by atoms with Gasteiger partial charge in [0.2, 0.25) is 15.9 Å². The Balaban J connectivity index is 1.81. The van der Waals surface area contributed by atoms with E-state index in [0.717, 1.165) is 47.3 Å². The normalized spacial score (nSPS) is 14.0. The van der Waals surface area contributed by atoms with Crippen LogP contribution in [0.1, 0.15) is 42.0 Å². The van der Waals surface area contributed by atoms with E-state index in [9.17, 15) is 13.2 Å². The minimum absolute atomic E-state index is 0.0575. The first-order chi connectivity index (χ1) is 12.8. The Morgan fingerprint density at radius 3 is 2.67 bits per heavy atom. The van der Waals surface area contributed by atoms with Crippen molar-refractivity contribution in [2.45, 2.75) is 45.8 Å². The van der Waals surface area contributed by atoms with Crippen LogP contribution in [-0.2, 0) is 27.0 Å². The molecule has 0 spiro atoms. The second-order valence-corrected chi connectivity index (χ2v) is 8.86. The molecule has 0 radical (unpaired) electrons. The Hall–Kier alpha value is -2.34. The summed E-state index contributed by atoms with van der Waals surface area (Å²) in [6, 6.07) is 11.3. The van der Waals surface area contributed by atoms with Crippen molar-refractivity contribution in [1.29, 1.82) is 0 Å². The average molecular weight is 387 g/mol. The Kier molecular flexibility index (Phi) is 5.56. The predicted octanol–water partition coefficient (Wildman–Crippen LogP) is 3.93. The number of hydrogen-bond acceptors (Lipinski definition) is 3. The summed E-state index contributed by atoms with van der Waals surface area (Å²) in [5.74, 6) is 0.0390. The molecule has 0 fully saturated rings. The highest BCUT2D eigenvalue weighted by Gasteiger charge is 2.22. The number of nitrogens with zero attached hydrogens (tertiary/aromatic N) is 1. The smallest absolute Gasteiger partial charge is 0.236 e. The van der Waals surface area contributed by atoms with Crippen molar-refractivity contribution in [3.8, 4) is 0 Å². The molecule has 2 aromatic rings. The molecule has 1 amide bonds. The summed E-state index contributed by atoms with van der Waals surface area (Å²) in [5, 5.41) is 0. The lowest BCUT2D eigenvalue weighted by atomic mass is 10.0. The second-order valence-electron chi connectivity index (χ2n) is 7.14.